The van der Waals surface area contributed by atoms with Crippen LogP contribution in [-0.4, -0.2) is 22.7 Å². The Morgan fingerprint density at radius 1 is 1.42 bits per heavy atom. The summed E-state index contributed by atoms with van der Waals surface area (Å²) in [5.41, 5.74) is 3.00. The van der Waals surface area contributed by atoms with Crippen LogP contribution < -0.4 is 16.6 Å². The fourth-order valence-electron chi connectivity index (χ4n) is 2.49. The van der Waals surface area contributed by atoms with E-state index in [0.29, 0.717) is 18.2 Å². The van der Waals surface area contributed by atoms with Gasteiger partial charge in [0.05, 0.1) is 11.0 Å². The van der Waals surface area contributed by atoms with Crippen LogP contribution in [0.25, 0.3) is 0 Å². The lowest BCUT2D eigenvalue weighted by atomic mass is 10.1. The van der Waals surface area contributed by atoms with Gasteiger partial charge in [0.15, 0.2) is 0 Å². The molecule has 7 nitrogen and oxygen atoms in total. The zero-order valence-corrected chi connectivity index (χ0v) is 10.5. The van der Waals surface area contributed by atoms with Gasteiger partial charge in [0, 0.05) is 6.54 Å². The SMILES string of the molecule is NNc1cccc(NCC2CCC(O)C2)c1[N+](=O)[O-]. The van der Waals surface area contributed by atoms with E-state index in [2.05, 4.69) is 10.7 Å². The van der Waals surface area contributed by atoms with Crippen LogP contribution in [0.4, 0.5) is 17.1 Å². The predicted octanol–water partition coefficient (Wildman–Crippen LogP) is 1.45. The average Bonchev–Trinajstić information content (AvgIpc) is 2.81. The van der Waals surface area contributed by atoms with Gasteiger partial charge in [-0.3, -0.25) is 16.0 Å². The van der Waals surface area contributed by atoms with Crippen LogP contribution in [0.15, 0.2) is 18.2 Å². The lowest BCUT2D eigenvalue weighted by Gasteiger charge is -2.13. The molecule has 2 unspecified atom stereocenters. The van der Waals surface area contributed by atoms with Crippen molar-refractivity contribution in [3.8, 4) is 0 Å². The molecule has 0 heterocycles. The van der Waals surface area contributed by atoms with E-state index in [9.17, 15) is 15.2 Å². The zero-order chi connectivity index (χ0) is 13.8. The van der Waals surface area contributed by atoms with Gasteiger partial charge in [-0.2, -0.15) is 0 Å². The van der Waals surface area contributed by atoms with Crippen LogP contribution in [0.1, 0.15) is 19.3 Å². The summed E-state index contributed by atoms with van der Waals surface area (Å²) in [7, 11) is 0. The Bertz CT molecular complexity index is 466. The molecule has 2 atom stereocenters. The van der Waals surface area contributed by atoms with E-state index in [0.717, 1.165) is 19.3 Å². The number of nitro groups is 1. The van der Waals surface area contributed by atoms with Crippen molar-refractivity contribution < 1.29 is 10.0 Å². The van der Waals surface area contributed by atoms with E-state index in [1.165, 1.54) is 0 Å². The highest BCUT2D eigenvalue weighted by molar-refractivity contribution is 5.75. The van der Waals surface area contributed by atoms with Gasteiger partial charge in [0.1, 0.15) is 11.4 Å². The van der Waals surface area contributed by atoms with E-state index in [1.807, 2.05) is 0 Å². The average molecular weight is 266 g/mol. The summed E-state index contributed by atoms with van der Waals surface area (Å²) in [5, 5.41) is 23.6. The highest BCUT2D eigenvalue weighted by Crippen LogP contribution is 2.33. The van der Waals surface area contributed by atoms with Crippen molar-refractivity contribution >= 4 is 17.1 Å². The van der Waals surface area contributed by atoms with Gasteiger partial charge in [0.2, 0.25) is 0 Å². The van der Waals surface area contributed by atoms with Gasteiger partial charge >= 0.3 is 5.69 Å². The molecule has 0 aliphatic heterocycles. The van der Waals surface area contributed by atoms with Crippen LogP contribution in [0.3, 0.4) is 0 Å². The number of nitrogens with one attached hydrogen (secondary N) is 2. The van der Waals surface area contributed by atoms with Crippen LogP contribution in [0, 0.1) is 16.0 Å². The smallest absolute Gasteiger partial charge is 0.316 e. The molecule has 0 saturated heterocycles. The minimum atomic E-state index is -0.457. The molecule has 1 saturated carbocycles. The largest absolute Gasteiger partial charge is 0.393 e. The summed E-state index contributed by atoms with van der Waals surface area (Å²) in [6, 6.07) is 4.92. The third kappa shape index (κ3) is 3.12. The number of benzene rings is 1. The van der Waals surface area contributed by atoms with Crippen molar-refractivity contribution in [1.82, 2.24) is 0 Å². The van der Waals surface area contributed by atoms with Crippen LogP contribution in [-0.2, 0) is 0 Å². The summed E-state index contributed by atoms with van der Waals surface area (Å²) in [6.07, 6.45) is 2.25. The van der Waals surface area contributed by atoms with Gasteiger partial charge in [-0.15, -0.1) is 0 Å². The number of para-hydroxylation sites is 1. The summed E-state index contributed by atoms with van der Waals surface area (Å²) in [6.45, 7) is 0.617. The molecule has 0 amide bonds. The number of nitro benzene ring substituents is 1. The van der Waals surface area contributed by atoms with Gasteiger partial charge in [-0.25, -0.2) is 0 Å². The fourth-order valence-corrected chi connectivity index (χ4v) is 2.49. The Kier molecular flexibility index (Phi) is 4.18. The molecule has 104 valence electrons. The van der Waals surface area contributed by atoms with E-state index in [4.69, 9.17) is 5.84 Å². The molecule has 19 heavy (non-hydrogen) atoms. The number of aliphatic hydroxyl groups is 1. The van der Waals surface area contributed by atoms with Gasteiger partial charge in [-0.1, -0.05) is 6.07 Å². The van der Waals surface area contributed by atoms with Crippen molar-refractivity contribution in [1.29, 1.82) is 0 Å². The number of hydrogen-bond acceptors (Lipinski definition) is 6. The van der Waals surface area contributed by atoms with Crippen molar-refractivity contribution in [3.05, 3.63) is 28.3 Å². The second kappa shape index (κ2) is 5.85. The topological polar surface area (TPSA) is 113 Å². The van der Waals surface area contributed by atoms with Crippen LogP contribution >= 0.6 is 0 Å². The van der Waals surface area contributed by atoms with Crippen molar-refractivity contribution in [2.45, 2.75) is 25.4 Å². The quantitative estimate of drug-likeness (QED) is 0.364. The summed E-state index contributed by atoms with van der Waals surface area (Å²) >= 11 is 0. The predicted molar refractivity (Wildman–Crippen MR) is 72.7 cm³/mol. The van der Waals surface area contributed by atoms with E-state index in [-0.39, 0.29) is 17.5 Å². The molecule has 1 aromatic rings. The number of anilines is 2. The molecule has 2 rings (SSSR count). The van der Waals surface area contributed by atoms with Gasteiger partial charge < -0.3 is 15.8 Å². The molecule has 0 bridgehead atoms. The summed E-state index contributed by atoms with van der Waals surface area (Å²) in [4.78, 5) is 10.6. The number of nitrogen functional groups attached to an aromatic ring is 1. The Morgan fingerprint density at radius 2 is 2.16 bits per heavy atom. The number of nitrogens with zero attached hydrogens (tertiary/aromatic N) is 1. The molecule has 0 radical (unpaired) electrons. The number of nitrogens with two attached hydrogens (primary N) is 1. The highest BCUT2D eigenvalue weighted by Gasteiger charge is 2.24. The number of rotatable bonds is 5. The molecule has 0 spiro atoms. The standard InChI is InChI=1S/C12H18N4O3/c13-15-11-3-1-2-10(12(11)16(18)19)14-7-8-4-5-9(17)6-8/h1-3,8-9,14-15,17H,4-7,13H2. The first-order chi connectivity index (χ1) is 9.11. The van der Waals surface area contributed by atoms with Crippen molar-refractivity contribution in [3.63, 3.8) is 0 Å². The Balaban J connectivity index is 2.09. The van der Waals surface area contributed by atoms with E-state index in [1.54, 1.807) is 18.2 Å². The first kappa shape index (κ1) is 13.6. The number of hydrogen-bond donors (Lipinski definition) is 4. The van der Waals surface area contributed by atoms with E-state index < -0.39 is 4.92 Å². The number of aliphatic hydroxyl groups excluding tert-OH is 1. The van der Waals surface area contributed by atoms with Crippen molar-refractivity contribution in [2.24, 2.45) is 11.8 Å². The maximum Gasteiger partial charge on any atom is 0.316 e. The fraction of sp³-hybridized carbons (Fsp3) is 0.500. The molecule has 1 aliphatic rings. The maximum atomic E-state index is 11.1. The molecule has 0 aromatic heterocycles. The normalized spacial score (nSPS) is 22.2. The number of hydrazine groups is 1. The second-order valence-electron chi connectivity index (χ2n) is 4.82. The molecule has 1 aromatic carbocycles. The second-order valence-corrected chi connectivity index (χ2v) is 4.82. The monoisotopic (exact) mass is 266 g/mol. The molecule has 7 heteroatoms. The van der Waals surface area contributed by atoms with Gasteiger partial charge in [-0.05, 0) is 37.3 Å². The third-order valence-electron chi connectivity index (χ3n) is 3.47. The third-order valence-corrected chi connectivity index (χ3v) is 3.47. The zero-order valence-electron chi connectivity index (χ0n) is 10.5. The first-order valence-corrected chi connectivity index (χ1v) is 6.27. The minimum absolute atomic E-state index is 0.0523. The maximum absolute atomic E-state index is 11.1. The summed E-state index contributed by atoms with van der Waals surface area (Å²) < 4.78 is 0. The Hall–Kier alpha value is -1.86. The van der Waals surface area contributed by atoms with E-state index >= 15 is 0 Å². The minimum Gasteiger partial charge on any atom is -0.393 e. The lowest BCUT2D eigenvalue weighted by molar-refractivity contribution is -0.383. The molecule has 5 N–H and O–H groups in total. The highest BCUT2D eigenvalue weighted by atomic mass is 16.6. The van der Waals surface area contributed by atoms with Crippen LogP contribution in [0.2, 0.25) is 0 Å². The van der Waals surface area contributed by atoms with Crippen LogP contribution in [0.5, 0.6) is 0 Å². The summed E-state index contributed by atoms with van der Waals surface area (Å²) in [5.74, 6) is 5.63. The Labute approximate surface area is 110 Å². The lowest BCUT2D eigenvalue weighted by Crippen LogP contribution is -2.15. The Morgan fingerprint density at radius 3 is 2.74 bits per heavy atom. The molecular formula is C12H18N4O3. The van der Waals surface area contributed by atoms with Crippen molar-refractivity contribution in [2.75, 3.05) is 17.3 Å². The molecular weight excluding hydrogens is 248 g/mol. The van der Waals surface area contributed by atoms with Gasteiger partial charge in [0.25, 0.3) is 0 Å². The molecule has 1 fully saturated rings. The molecule has 1 aliphatic carbocycles. The first-order valence-electron chi connectivity index (χ1n) is 6.27.